The van der Waals surface area contributed by atoms with Crippen LogP contribution in [0.15, 0.2) is 70.6 Å². The summed E-state index contributed by atoms with van der Waals surface area (Å²) in [4.78, 5) is 7.71. The highest BCUT2D eigenvalue weighted by Gasteiger charge is 1.92. The Morgan fingerprint density at radius 3 is 1.14 bits per heavy atom. The summed E-state index contributed by atoms with van der Waals surface area (Å²) >= 11 is 0. The van der Waals surface area contributed by atoms with Gasteiger partial charge in [-0.1, -0.05) is 60.7 Å². The molecule has 4 nitrogen and oxygen atoms in total. The van der Waals surface area contributed by atoms with Gasteiger partial charge < -0.3 is 11.5 Å². The van der Waals surface area contributed by atoms with Crippen LogP contribution in [0.2, 0.25) is 0 Å². The number of aliphatic imine (C=N–C) groups is 2. The van der Waals surface area contributed by atoms with Crippen molar-refractivity contribution in [2.24, 2.45) is 21.5 Å². The van der Waals surface area contributed by atoms with Crippen LogP contribution in [0.1, 0.15) is 11.1 Å². The zero-order valence-corrected chi connectivity index (χ0v) is 14.3. The predicted octanol–water partition coefficient (Wildman–Crippen LogP) is 2.89. The molecule has 22 heavy (non-hydrogen) atoms. The lowest BCUT2D eigenvalue weighted by molar-refractivity contribution is 1.39. The highest BCUT2D eigenvalue weighted by molar-refractivity contribution is 5.97. The molecule has 0 aliphatic carbocycles. The number of nitrogens with zero attached hydrogens (tertiary/aromatic N) is 2. The molecule has 0 aromatic heterocycles. The summed E-state index contributed by atoms with van der Waals surface area (Å²) in [6.07, 6.45) is 0. The van der Waals surface area contributed by atoms with Gasteiger partial charge in [0.15, 0.2) is 0 Å². The number of rotatable bonds is 2. The van der Waals surface area contributed by atoms with E-state index in [-0.39, 0.29) is 24.8 Å². The van der Waals surface area contributed by atoms with Crippen LogP contribution in [-0.4, -0.2) is 25.8 Å². The minimum Gasteiger partial charge on any atom is -0.384 e. The maximum Gasteiger partial charge on any atom is 0.125 e. The van der Waals surface area contributed by atoms with Crippen molar-refractivity contribution in [2.75, 3.05) is 14.1 Å². The first kappa shape index (κ1) is 22.2. The highest BCUT2D eigenvalue weighted by Crippen LogP contribution is 1.96. The number of nitrogens with two attached hydrogens (primary N) is 2. The third-order valence-electron chi connectivity index (χ3n) is 2.62. The third kappa shape index (κ3) is 7.67. The highest BCUT2D eigenvalue weighted by atomic mass is 35.5. The van der Waals surface area contributed by atoms with Crippen molar-refractivity contribution in [3.63, 3.8) is 0 Å². The van der Waals surface area contributed by atoms with Crippen molar-refractivity contribution >= 4 is 36.5 Å². The lowest BCUT2D eigenvalue weighted by Gasteiger charge is -1.95. The van der Waals surface area contributed by atoms with Gasteiger partial charge in [-0.25, -0.2) is 0 Å². The van der Waals surface area contributed by atoms with E-state index in [2.05, 4.69) is 9.98 Å². The summed E-state index contributed by atoms with van der Waals surface area (Å²) in [5.74, 6) is 1.17. The first-order valence-electron chi connectivity index (χ1n) is 6.24. The molecule has 0 aliphatic heterocycles. The van der Waals surface area contributed by atoms with Gasteiger partial charge in [-0.2, -0.15) is 0 Å². The van der Waals surface area contributed by atoms with Crippen molar-refractivity contribution in [1.82, 2.24) is 0 Å². The fraction of sp³-hybridized carbons (Fsp3) is 0.125. The Hall–Kier alpha value is -2.04. The number of benzene rings is 2. The van der Waals surface area contributed by atoms with E-state index in [1.165, 1.54) is 0 Å². The van der Waals surface area contributed by atoms with Crippen LogP contribution in [0, 0.1) is 0 Å². The molecule has 0 heterocycles. The molecule has 0 atom stereocenters. The molecule has 0 amide bonds. The van der Waals surface area contributed by atoms with Crippen LogP contribution < -0.4 is 11.5 Å². The average Bonchev–Trinajstić information content (AvgIpc) is 2.55. The van der Waals surface area contributed by atoms with Gasteiger partial charge in [0.1, 0.15) is 11.7 Å². The Labute approximate surface area is 144 Å². The van der Waals surface area contributed by atoms with Crippen LogP contribution in [0.5, 0.6) is 0 Å². The van der Waals surface area contributed by atoms with Crippen molar-refractivity contribution in [3.8, 4) is 0 Å². The summed E-state index contributed by atoms with van der Waals surface area (Å²) in [6, 6.07) is 19.4. The van der Waals surface area contributed by atoms with Crippen molar-refractivity contribution in [1.29, 1.82) is 0 Å². The number of hydrogen-bond acceptors (Lipinski definition) is 2. The van der Waals surface area contributed by atoms with E-state index in [4.69, 9.17) is 11.5 Å². The van der Waals surface area contributed by atoms with E-state index in [9.17, 15) is 0 Å². The quantitative estimate of drug-likeness (QED) is 0.651. The van der Waals surface area contributed by atoms with Crippen molar-refractivity contribution in [2.45, 2.75) is 0 Å². The second-order valence-corrected chi connectivity index (χ2v) is 3.95. The zero-order valence-electron chi connectivity index (χ0n) is 12.6. The molecule has 0 saturated heterocycles. The number of amidine groups is 2. The van der Waals surface area contributed by atoms with Gasteiger partial charge in [-0.15, -0.1) is 24.8 Å². The predicted molar refractivity (Wildman–Crippen MR) is 101 cm³/mol. The molecular formula is C16H22Cl2N4. The molecule has 120 valence electrons. The van der Waals surface area contributed by atoms with E-state index >= 15 is 0 Å². The lowest BCUT2D eigenvalue weighted by atomic mass is 10.2. The topological polar surface area (TPSA) is 76.8 Å². The first-order valence-corrected chi connectivity index (χ1v) is 6.24. The number of halogens is 2. The summed E-state index contributed by atoms with van der Waals surface area (Å²) < 4.78 is 0. The molecule has 0 spiro atoms. The Balaban J connectivity index is 0. The zero-order chi connectivity index (χ0) is 14.8. The van der Waals surface area contributed by atoms with E-state index in [0.29, 0.717) is 11.7 Å². The monoisotopic (exact) mass is 340 g/mol. The van der Waals surface area contributed by atoms with E-state index in [1.54, 1.807) is 14.1 Å². The molecule has 0 fully saturated rings. The SMILES string of the molecule is CN=C(N)c1ccccc1.CN=C(N)c1ccccc1.Cl.Cl. The largest absolute Gasteiger partial charge is 0.384 e. The summed E-state index contributed by atoms with van der Waals surface area (Å²) in [6.45, 7) is 0. The van der Waals surface area contributed by atoms with Gasteiger partial charge in [-0.05, 0) is 0 Å². The molecule has 0 saturated carbocycles. The van der Waals surface area contributed by atoms with Crippen LogP contribution in [0.3, 0.4) is 0 Å². The first-order chi connectivity index (χ1) is 9.69. The van der Waals surface area contributed by atoms with Crippen molar-refractivity contribution < 1.29 is 0 Å². The van der Waals surface area contributed by atoms with Gasteiger partial charge >= 0.3 is 0 Å². The van der Waals surface area contributed by atoms with E-state index in [0.717, 1.165) is 11.1 Å². The normalized spacial score (nSPS) is 10.5. The van der Waals surface area contributed by atoms with Gasteiger partial charge in [-0.3, -0.25) is 9.98 Å². The maximum absolute atomic E-state index is 5.54. The summed E-state index contributed by atoms with van der Waals surface area (Å²) in [5.41, 5.74) is 13.0. The van der Waals surface area contributed by atoms with E-state index in [1.807, 2.05) is 60.7 Å². The fourth-order valence-electron chi connectivity index (χ4n) is 1.48. The van der Waals surface area contributed by atoms with Crippen molar-refractivity contribution in [3.05, 3.63) is 71.8 Å². The van der Waals surface area contributed by atoms with Crippen LogP contribution in [0.4, 0.5) is 0 Å². The lowest BCUT2D eigenvalue weighted by Crippen LogP contribution is -2.12. The summed E-state index contributed by atoms with van der Waals surface area (Å²) in [7, 11) is 3.37. The molecule has 0 aliphatic rings. The molecule has 2 aromatic rings. The minimum absolute atomic E-state index is 0. The molecular weight excluding hydrogens is 319 g/mol. The second-order valence-electron chi connectivity index (χ2n) is 3.95. The van der Waals surface area contributed by atoms with Crippen LogP contribution in [-0.2, 0) is 0 Å². The third-order valence-corrected chi connectivity index (χ3v) is 2.62. The van der Waals surface area contributed by atoms with Gasteiger partial charge in [0.05, 0.1) is 0 Å². The summed E-state index contributed by atoms with van der Waals surface area (Å²) in [5, 5.41) is 0. The minimum atomic E-state index is 0. The smallest absolute Gasteiger partial charge is 0.125 e. The Morgan fingerprint density at radius 1 is 0.636 bits per heavy atom. The standard InChI is InChI=1S/2C8H10N2.2ClH/c2*1-10-8(9)7-5-3-2-4-6-7;;/h2*2-6H,1H3,(H2,9,10);2*1H. The van der Waals surface area contributed by atoms with E-state index < -0.39 is 0 Å². The van der Waals surface area contributed by atoms with Gasteiger partial charge in [0, 0.05) is 25.2 Å². The second kappa shape index (κ2) is 12.7. The molecule has 4 N–H and O–H groups in total. The molecule has 6 heteroatoms. The Kier molecular flexibility index (Phi) is 12.8. The molecule has 0 bridgehead atoms. The number of hydrogen-bond donors (Lipinski definition) is 2. The Bertz CT molecular complexity index is 516. The van der Waals surface area contributed by atoms with Gasteiger partial charge in [0.25, 0.3) is 0 Å². The molecule has 0 radical (unpaired) electrons. The van der Waals surface area contributed by atoms with Crippen LogP contribution >= 0.6 is 24.8 Å². The Morgan fingerprint density at radius 2 is 0.909 bits per heavy atom. The molecule has 0 unspecified atom stereocenters. The van der Waals surface area contributed by atoms with Crippen LogP contribution in [0.25, 0.3) is 0 Å². The average molecular weight is 341 g/mol. The molecule has 2 rings (SSSR count). The maximum atomic E-state index is 5.54. The fourth-order valence-corrected chi connectivity index (χ4v) is 1.48. The van der Waals surface area contributed by atoms with Gasteiger partial charge in [0.2, 0.25) is 0 Å². The molecule has 2 aromatic carbocycles.